The third kappa shape index (κ3) is 6.39. The molecule has 7 nitrogen and oxygen atoms in total. The number of carbonyl (C=O) groups is 2. The Labute approximate surface area is 224 Å². The maximum atomic E-state index is 13.3. The first-order valence-electron chi connectivity index (χ1n) is 12.4. The summed E-state index contributed by atoms with van der Waals surface area (Å²) < 4.78 is 5.45. The van der Waals surface area contributed by atoms with Crippen LogP contribution in [0.1, 0.15) is 50.4 Å². The van der Waals surface area contributed by atoms with Crippen molar-refractivity contribution in [2.24, 2.45) is 0 Å². The Hall–Kier alpha value is -3.20. The molecule has 0 aliphatic carbocycles. The number of aromatic nitrogens is 2. The Morgan fingerprint density at radius 1 is 1.16 bits per heavy atom. The number of hydrogen-bond donors (Lipinski definition) is 2. The second kappa shape index (κ2) is 11.5. The topological polar surface area (TPSA) is 87.3 Å². The number of carbonyl (C=O) groups excluding carboxylic acids is 2. The molecule has 2 aromatic heterocycles. The van der Waals surface area contributed by atoms with E-state index >= 15 is 0 Å². The van der Waals surface area contributed by atoms with E-state index in [0.717, 1.165) is 42.5 Å². The Morgan fingerprint density at radius 3 is 2.81 bits per heavy atom. The summed E-state index contributed by atoms with van der Waals surface area (Å²) >= 11 is 7.70. The van der Waals surface area contributed by atoms with Crippen molar-refractivity contribution in [1.29, 1.82) is 0 Å². The van der Waals surface area contributed by atoms with Crippen molar-refractivity contribution in [1.82, 2.24) is 20.2 Å². The van der Waals surface area contributed by atoms with Gasteiger partial charge in [0.15, 0.2) is 0 Å². The third-order valence-electron chi connectivity index (χ3n) is 6.58. The molecule has 0 spiro atoms. The second-order valence-corrected chi connectivity index (χ2v) is 10.9. The zero-order chi connectivity index (χ0) is 25.8. The number of halogens is 1. The predicted octanol–water partition coefficient (Wildman–Crippen LogP) is 5.30. The molecule has 3 heterocycles. The van der Waals surface area contributed by atoms with Crippen molar-refractivity contribution in [3.05, 3.63) is 86.3 Å². The van der Waals surface area contributed by atoms with E-state index in [1.165, 1.54) is 10.4 Å². The van der Waals surface area contributed by atoms with Crippen molar-refractivity contribution in [2.45, 2.75) is 38.3 Å². The van der Waals surface area contributed by atoms with E-state index in [2.05, 4.69) is 27.2 Å². The lowest BCUT2D eigenvalue weighted by Crippen LogP contribution is -2.29. The summed E-state index contributed by atoms with van der Waals surface area (Å²) in [7, 11) is 2.13. The SMILES string of the molecule is CN1CCc2cc(C(=O)N[C@@H](CCC(=O)OCc3ccccc3)c3nc4ccc(Cl)cc4[nH]3)sc2CC1. The van der Waals surface area contributed by atoms with Gasteiger partial charge in [0.2, 0.25) is 0 Å². The minimum atomic E-state index is -0.490. The highest BCUT2D eigenvalue weighted by Gasteiger charge is 2.24. The summed E-state index contributed by atoms with van der Waals surface area (Å²) in [6, 6.07) is 16.5. The van der Waals surface area contributed by atoms with Gasteiger partial charge >= 0.3 is 5.97 Å². The van der Waals surface area contributed by atoms with Gasteiger partial charge in [-0.3, -0.25) is 9.59 Å². The molecule has 2 aromatic carbocycles. The number of amides is 1. The molecule has 1 amide bonds. The molecule has 0 radical (unpaired) electrons. The molecular weight excluding hydrogens is 508 g/mol. The van der Waals surface area contributed by atoms with Crippen LogP contribution in [0.2, 0.25) is 5.02 Å². The van der Waals surface area contributed by atoms with E-state index in [9.17, 15) is 9.59 Å². The molecule has 1 aliphatic heterocycles. The summed E-state index contributed by atoms with van der Waals surface area (Å²) in [5.41, 5.74) is 3.70. The zero-order valence-electron chi connectivity index (χ0n) is 20.6. The summed E-state index contributed by atoms with van der Waals surface area (Å²) in [6.07, 6.45) is 2.38. The normalized spacial score (nSPS) is 14.6. The molecular formula is C28H29ClN4O3S. The average molecular weight is 537 g/mol. The zero-order valence-corrected chi connectivity index (χ0v) is 22.2. The van der Waals surface area contributed by atoms with Crippen molar-refractivity contribution >= 4 is 45.8 Å². The molecule has 4 aromatic rings. The molecule has 0 fully saturated rings. The molecule has 37 heavy (non-hydrogen) atoms. The van der Waals surface area contributed by atoms with Crippen LogP contribution in [0, 0.1) is 0 Å². The van der Waals surface area contributed by atoms with Gasteiger partial charge in [0.1, 0.15) is 12.4 Å². The first-order chi connectivity index (χ1) is 17.9. The molecule has 1 atom stereocenters. The monoisotopic (exact) mass is 536 g/mol. The van der Waals surface area contributed by atoms with E-state index in [1.54, 1.807) is 23.5 Å². The van der Waals surface area contributed by atoms with Gasteiger partial charge in [-0.25, -0.2) is 4.98 Å². The van der Waals surface area contributed by atoms with E-state index in [-0.39, 0.29) is 24.9 Å². The molecule has 9 heteroatoms. The number of esters is 1. The van der Waals surface area contributed by atoms with Gasteiger partial charge in [-0.2, -0.15) is 0 Å². The lowest BCUT2D eigenvalue weighted by atomic mass is 10.1. The minimum absolute atomic E-state index is 0.142. The van der Waals surface area contributed by atoms with Gasteiger partial charge in [-0.15, -0.1) is 11.3 Å². The van der Waals surface area contributed by atoms with Crippen LogP contribution in [0.5, 0.6) is 0 Å². The molecule has 0 unspecified atom stereocenters. The smallest absolute Gasteiger partial charge is 0.306 e. The quantitative estimate of drug-likeness (QED) is 0.298. The molecule has 192 valence electrons. The van der Waals surface area contributed by atoms with Gasteiger partial charge < -0.3 is 19.9 Å². The first-order valence-corrected chi connectivity index (χ1v) is 13.6. The first kappa shape index (κ1) is 25.4. The van der Waals surface area contributed by atoms with E-state index in [4.69, 9.17) is 16.3 Å². The van der Waals surface area contributed by atoms with E-state index < -0.39 is 6.04 Å². The van der Waals surface area contributed by atoms with Crippen LogP contribution < -0.4 is 5.32 Å². The van der Waals surface area contributed by atoms with Crippen LogP contribution >= 0.6 is 22.9 Å². The third-order valence-corrected chi connectivity index (χ3v) is 8.05. The highest BCUT2D eigenvalue weighted by molar-refractivity contribution is 7.14. The fourth-order valence-corrected chi connectivity index (χ4v) is 5.74. The highest BCUT2D eigenvalue weighted by atomic mass is 35.5. The Balaban J connectivity index is 1.30. The standard InChI is InChI=1S/C28H29ClN4O3S/c1-33-13-11-19-15-25(37-24(19)12-14-33)28(35)32-22(27-30-21-8-7-20(29)16-23(21)31-27)9-10-26(34)36-17-18-5-3-2-4-6-18/h2-8,15-16,22H,9-14,17H2,1H3,(H,30,31)(H,32,35)/t22-/m0/s1. The van der Waals surface area contributed by atoms with Crippen molar-refractivity contribution in [3.8, 4) is 0 Å². The second-order valence-electron chi connectivity index (χ2n) is 9.36. The summed E-state index contributed by atoms with van der Waals surface area (Å²) in [6.45, 7) is 2.19. The lowest BCUT2D eigenvalue weighted by Gasteiger charge is -2.16. The number of rotatable bonds is 8. The maximum absolute atomic E-state index is 13.3. The maximum Gasteiger partial charge on any atom is 0.306 e. The fourth-order valence-electron chi connectivity index (χ4n) is 4.46. The number of likely N-dealkylation sites (N-methyl/N-ethyl adjacent to an activating group) is 1. The summed E-state index contributed by atoms with van der Waals surface area (Å²) in [5, 5.41) is 3.71. The number of ether oxygens (including phenoxy) is 1. The number of H-pyrrole nitrogens is 1. The number of imidazole rings is 1. The number of fused-ring (bicyclic) bond motifs is 2. The largest absolute Gasteiger partial charge is 0.461 e. The van der Waals surface area contributed by atoms with Crippen molar-refractivity contribution in [2.75, 3.05) is 20.1 Å². The van der Waals surface area contributed by atoms with Crippen LogP contribution in [0.3, 0.4) is 0 Å². The Kier molecular flexibility index (Phi) is 7.88. The van der Waals surface area contributed by atoms with Gasteiger partial charge in [-0.05, 0) is 61.7 Å². The van der Waals surface area contributed by atoms with Crippen molar-refractivity contribution < 1.29 is 14.3 Å². The average Bonchev–Trinajstić information content (AvgIpc) is 3.47. The lowest BCUT2D eigenvalue weighted by molar-refractivity contribution is -0.145. The number of nitrogens with zero attached hydrogens (tertiary/aromatic N) is 2. The van der Waals surface area contributed by atoms with Crippen LogP contribution in [0.15, 0.2) is 54.6 Å². The Morgan fingerprint density at radius 2 is 1.97 bits per heavy atom. The number of aromatic amines is 1. The number of hydrogen-bond acceptors (Lipinski definition) is 6. The number of thiophene rings is 1. The van der Waals surface area contributed by atoms with Gasteiger partial charge in [0.25, 0.3) is 5.91 Å². The summed E-state index contributed by atoms with van der Waals surface area (Å²) in [4.78, 5) is 38.1. The van der Waals surface area contributed by atoms with Gasteiger partial charge in [-0.1, -0.05) is 41.9 Å². The van der Waals surface area contributed by atoms with Crippen LogP contribution in [0.4, 0.5) is 0 Å². The van der Waals surface area contributed by atoms with E-state index in [0.29, 0.717) is 22.1 Å². The fraction of sp³-hybridized carbons (Fsp3) is 0.321. The van der Waals surface area contributed by atoms with Crippen LogP contribution in [-0.4, -0.2) is 46.9 Å². The molecule has 0 saturated carbocycles. The number of nitrogens with one attached hydrogen (secondary N) is 2. The summed E-state index contributed by atoms with van der Waals surface area (Å²) in [5.74, 6) is 0.100. The number of benzene rings is 2. The molecule has 0 saturated heterocycles. The minimum Gasteiger partial charge on any atom is -0.461 e. The van der Waals surface area contributed by atoms with Crippen LogP contribution in [-0.2, 0) is 29.0 Å². The molecule has 5 rings (SSSR count). The molecule has 0 bridgehead atoms. The van der Waals surface area contributed by atoms with Crippen LogP contribution in [0.25, 0.3) is 11.0 Å². The van der Waals surface area contributed by atoms with Crippen molar-refractivity contribution in [3.63, 3.8) is 0 Å². The predicted molar refractivity (Wildman–Crippen MR) is 146 cm³/mol. The molecule has 2 N–H and O–H groups in total. The van der Waals surface area contributed by atoms with Gasteiger partial charge in [0.05, 0.1) is 22.0 Å². The Bertz CT molecular complexity index is 1380. The van der Waals surface area contributed by atoms with Gasteiger partial charge in [0, 0.05) is 29.4 Å². The molecule has 1 aliphatic rings. The highest BCUT2D eigenvalue weighted by Crippen LogP contribution is 2.28. The van der Waals surface area contributed by atoms with E-state index in [1.807, 2.05) is 42.5 Å².